The summed E-state index contributed by atoms with van der Waals surface area (Å²) in [4.78, 5) is 51.3. The number of nitrogens with zero attached hydrogens (tertiary/aromatic N) is 1. The van der Waals surface area contributed by atoms with E-state index in [2.05, 4.69) is 10.6 Å². The van der Waals surface area contributed by atoms with Gasteiger partial charge in [-0.1, -0.05) is 30.3 Å². The van der Waals surface area contributed by atoms with Crippen LogP contribution >= 0.6 is 0 Å². The Hall–Kier alpha value is -4.86. The van der Waals surface area contributed by atoms with Crippen molar-refractivity contribution in [2.75, 3.05) is 37.1 Å². The number of esters is 1. The summed E-state index contributed by atoms with van der Waals surface area (Å²) in [5.74, 6) is -1.10. The maximum Gasteiger partial charge on any atom is 0.339 e. The van der Waals surface area contributed by atoms with Crippen LogP contribution in [0.2, 0.25) is 0 Å². The van der Waals surface area contributed by atoms with E-state index in [4.69, 9.17) is 14.2 Å². The lowest BCUT2D eigenvalue weighted by atomic mass is 10.1. The second-order valence-electron chi connectivity index (χ2n) is 7.68. The molecule has 184 valence electrons. The van der Waals surface area contributed by atoms with Gasteiger partial charge in [0, 0.05) is 24.5 Å². The normalized spacial score (nSPS) is 11.7. The van der Waals surface area contributed by atoms with Crippen molar-refractivity contribution in [1.82, 2.24) is 5.32 Å². The van der Waals surface area contributed by atoms with Gasteiger partial charge in [-0.15, -0.1) is 0 Å². The standard InChI is InChI=1S/C26H23N3O7/c1-29(18-7-3-2-4-8-18)24(31)19-9-5-6-10-20(19)25(32)36-16-23(30)28-26(33)27-17-11-12-21-22(15-17)35-14-13-34-21/h2-12,15H,13-14,16H2,1H3,(H2,27,28,30,33). The third kappa shape index (κ3) is 5.79. The minimum atomic E-state index is -0.872. The van der Waals surface area contributed by atoms with E-state index in [0.29, 0.717) is 36.1 Å². The molecule has 4 rings (SSSR count). The highest BCUT2D eigenvalue weighted by molar-refractivity contribution is 6.12. The van der Waals surface area contributed by atoms with Crippen LogP contribution in [0.5, 0.6) is 11.5 Å². The number of fused-ring (bicyclic) bond motifs is 1. The average Bonchev–Trinajstić information content (AvgIpc) is 2.91. The fourth-order valence-corrected chi connectivity index (χ4v) is 3.45. The first-order valence-electron chi connectivity index (χ1n) is 11.0. The molecule has 0 saturated heterocycles. The van der Waals surface area contributed by atoms with Gasteiger partial charge in [-0.25, -0.2) is 9.59 Å². The number of benzene rings is 3. The van der Waals surface area contributed by atoms with E-state index in [0.717, 1.165) is 0 Å². The summed E-state index contributed by atoms with van der Waals surface area (Å²) >= 11 is 0. The predicted molar refractivity (Wildman–Crippen MR) is 130 cm³/mol. The average molecular weight is 489 g/mol. The van der Waals surface area contributed by atoms with Crippen molar-refractivity contribution in [1.29, 1.82) is 0 Å². The monoisotopic (exact) mass is 489 g/mol. The number of hydrogen-bond acceptors (Lipinski definition) is 7. The van der Waals surface area contributed by atoms with Gasteiger partial charge in [0.25, 0.3) is 11.8 Å². The van der Waals surface area contributed by atoms with Crippen molar-refractivity contribution in [3.63, 3.8) is 0 Å². The lowest BCUT2D eigenvalue weighted by molar-refractivity contribution is -0.123. The molecule has 1 aliphatic rings. The highest BCUT2D eigenvalue weighted by atomic mass is 16.6. The SMILES string of the molecule is CN(C(=O)c1ccccc1C(=O)OCC(=O)NC(=O)Nc1ccc2c(c1)OCCO2)c1ccccc1. The molecule has 3 aromatic carbocycles. The van der Waals surface area contributed by atoms with Crippen LogP contribution < -0.4 is 25.0 Å². The van der Waals surface area contributed by atoms with Gasteiger partial charge in [-0.2, -0.15) is 0 Å². The molecule has 1 heterocycles. The van der Waals surface area contributed by atoms with Crippen LogP contribution in [-0.4, -0.2) is 50.7 Å². The zero-order chi connectivity index (χ0) is 25.5. The molecule has 10 nitrogen and oxygen atoms in total. The summed E-state index contributed by atoms with van der Waals surface area (Å²) in [6, 6.07) is 19.1. The Morgan fingerprint density at radius 3 is 2.28 bits per heavy atom. The molecular formula is C26H23N3O7. The molecule has 0 fully saturated rings. The van der Waals surface area contributed by atoms with E-state index in [-0.39, 0.29) is 11.1 Å². The van der Waals surface area contributed by atoms with E-state index in [1.807, 2.05) is 6.07 Å². The number of nitrogens with one attached hydrogen (secondary N) is 2. The van der Waals surface area contributed by atoms with Gasteiger partial charge < -0.3 is 24.4 Å². The number of rotatable bonds is 6. The summed E-state index contributed by atoms with van der Waals surface area (Å²) in [6.07, 6.45) is 0. The zero-order valence-corrected chi connectivity index (χ0v) is 19.4. The number of para-hydroxylation sites is 1. The molecule has 10 heteroatoms. The third-order valence-corrected chi connectivity index (χ3v) is 5.21. The quantitative estimate of drug-likeness (QED) is 0.510. The summed E-state index contributed by atoms with van der Waals surface area (Å²) in [5, 5.41) is 4.58. The topological polar surface area (TPSA) is 123 Å². The maximum atomic E-state index is 13.0. The van der Waals surface area contributed by atoms with Crippen LogP contribution in [0, 0.1) is 0 Å². The molecule has 36 heavy (non-hydrogen) atoms. The Balaban J connectivity index is 1.33. The molecule has 0 atom stereocenters. The van der Waals surface area contributed by atoms with Gasteiger partial charge in [0.1, 0.15) is 13.2 Å². The number of amides is 4. The number of imide groups is 1. The Morgan fingerprint density at radius 1 is 0.861 bits per heavy atom. The second kappa shape index (κ2) is 11.0. The van der Waals surface area contributed by atoms with Crippen molar-refractivity contribution in [3.8, 4) is 11.5 Å². The Bertz CT molecular complexity index is 1290. The van der Waals surface area contributed by atoms with Crippen LogP contribution in [0.15, 0.2) is 72.8 Å². The summed E-state index contributed by atoms with van der Waals surface area (Å²) in [7, 11) is 1.59. The Kier molecular flexibility index (Phi) is 7.45. The van der Waals surface area contributed by atoms with E-state index >= 15 is 0 Å². The predicted octanol–water partition coefficient (Wildman–Crippen LogP) is 3.24. The van der Waals surface area contributed by atoms with Gasteiger partial charge >= 0.3 is 12.0 Å². The minimum Gasteiger partial charge on any atom is -0.486 e. The fraction of sp³-hybridized carbons (Fsp3) is 0.154. The van der Waals surface area contributed by atoms with Crippen LogP contribution in [0.1, 0.15) is 20.7 Å². The van der Waals surface area contributed by atoms with Crippen LogP contribution in [-0.2, 0) is 9.53 Å². The first kappa shape index (κ1) is 24.3. The van der Waals surface area contributed by atoms with E-state index < -0.39 is 30.4 Å². The van der Waals surface area contributed by atoms with E-state index in [9.17, 15) is 19.2 Å². The lowest BCUT2D eigenvalue weighted by Crippen LogP contribution is -2.37. The molecule has 0 saturated carbocycles. The van der Waals surface area contributed by atoms with Crippen molar-refractivity contribution >= 4 is 35.2 Å². The van der Waals surface area contributed by atoms with Crippen LogP contribution in [0.4, 0.5) is 16.2 Å². The highest BCUT2D eigenvalue weighted by Gasteiger charge is 2.22. The van der Waals surface area contributed by atoms with Gasteiger partial charge in [0.05, 0.1) is 11.1 Å². The number of anilines is 2. The molecule has 2 N–H and O–H groups in total. The molecule has 0 radical (unpaired) electrons. The zero-order valence-electron chi connectivity index (χ0n) is 19.4. The summed E-state index contributed by atoms with van der Waals surface area (Å²) in [6.45, 7) is 0.115. The van der Waals surface area contributed by atoms with Gasteiger partial charge in [-0.05, 0) is 36.4 Å². The number of urea groups is 1. The second-order valence-corrected chi connectivity index (χ2v) is 7.68. The van der Waals surface area contributed by atoms with Crippen molar-refractivity contribution < 1.29 is 33.4 Å². The van der Waals surface area contributed by atoms with Crippen LogP contribution in [0.3, 0.4) is 0 Å². The number of carbonyl (C=O) groups is 4. The molecule has 0 bridgehead atoms. The fourth-order valence-electron chi connectivity index (χ4n) is 3.45. The van der Waals surface area contributed by atoms with Gasteiger partial charge in [0.2, 0.25) is 0 Å². The minimum absolute atomic E-state index is 0.00110. The number of hydrogen-bond donors (Lipinski definition) is 2. The first-order valence-corrected chi connectivity index (χ1v) is 11.0. The molecule has 0 aliphatic carbocycles. The van der Waals surface area contributed by atoms with Crippen molar-refractivity contribution in [3.05, 3.63) is 83.9 Å². The van der Waals surface area contributed by atoms with Crippen LogP contribution in [0.25, 0.3) is 0 Å². The number of ether oxygens (including phenoxy) is 3. The Labute approximate surface area is 206 Å². The molecular weight excluding hydrogens is 466 g/mol. The summed E-state index contributed by atoms with van der Waals surface area (Å²) < 4.78 is 15.9. The maximum absolute atomic E-state index is 13.0. The molecule has 0 unspecified atom stereocenters. The van der Waals surface area contributed by atoms with Crippen molar-refractivity contribution in [2.45, 2.75) is 0 Å². The van der Waals surface area contributed by atoms with Gasteiger partial charge in [0.15, 0.2) is 18.1 Å². The van der Waals surface area contributed by atoms with E-state index in [1.54, 1.807) is 61.6 Å². The molecule has 1 aliphatic heterocycles. The first-order chi connectivity index (χ1) is 17.4. The summed E-state index contributed by atoms with van der Waals surface area (Å²) in [5.41, 5.74) is 1.15. The molecule has 4 amide bonds. The molecule has 0 spiro atoms. The van der Waals surface area contributed by atoms with E-state index in [1.165, 1.54) is 17.0 Å². The lowest BCUT2D eigenvalue weighted by Gasteiger charge is -2.19. The molecule has 0 aromatic heterocycles. The van der Waals surface area contributed by atoms with Crippen molar-refractivity contribution in [2.24, 2.45) is 0 Å². The third-order valence-electron chi connectivity index (χ3n) is 5.21. The largest absolute Gasteiger partial charge is 0.486 e. The molecule has 3 aromatic rings. The smallest absolute Gasteiger partial charge is 0.339 e. The number of carbonyl (C=O) groups excluding carboxylic acids is 4. The van der Waals surface area contributed by atoms with Gasteiger partial charge in [-0.3, -0.25) is 14.9 Å². The highest BCUT2D eigenvalue weighted by Crippen LogP contribution is 2.32. The Morgan fingerprint density at radius 2 is 1.53 bits per heavy atom.